The molecule has 2 aliphatic heterocycles. The van der Waals surface area contributed by atoms with Crippen LogP contribution in [-0.2, 0) is 23.7 Å². The first-order chi connectivity index (χ1) is 26.0. The van der Waals surface area contributed by atoms with Crippen LogP contribution in [0.3, 0.4) is 0 Å². The maximum absolute atomic E-state index is 13.0. The lowest BCUT2D eigenvalue weighted by Crippen LogP contribution is -2.67. The molecule has 10 N–H and O–H groups in total. The van der Waals surface area contributed by atoms with Crippen molar-refractivity contribution in [1.82, 2.24) is 0 Å². The van der Waals surface area contributed by atoms with Crippen LogP contribution in [0.2, 0.25) is 0 Å². The van der Waals surface area contributed by atoms with Crippen molar-refractivity contribution in [3.8, 4) is 0 Å². The highest BCUT2D eigenvalue weighted by Crippen LogP contribution is 2.75. The van der Waals surface area contributed by atoms with Crippen molar-refractivity contribution in [2.45, 2.75) is 179 Å². The third-order valence-electron chi connectivity index (χ3n) is 17.2. The summed E-state index contributed by atoms with van der Waals surface area (Å²) in [7, 11) is 0. The third-order valence-corrected chi connectivity index (χ3v) is 17.2. The average Bonchev–Trinajstić information content (AvgIpc) is 3.13. The predicted molar refractivity (Wildman–Crippen MR) is 196 cm³/mol. The standard InChI is InChI=1S/C41H66O15/c1-19-27(45)29(47)31(49)33(54-19)56-32-30(48)28(46)22(17-42)55-34(32)53-18-37(3)23-9-12-39(5)24(36(23,2)11-10-25(37)43)8-7-20-21-15-40(6,52)26(44)16-41(21,35(50)51)14-13-38(20,39)4/h7,19,21-34,42-49,52H,8-18H2,1-6H3,(H,50,51)/t19-,21+,22-,23-,24-,25+,26+,27-,28-,29+,30+,31-,32-,33+,34-,36+,37-,38-,39-,40+,41-/m1/s1. The number of hydrogen-bond acceptors (Lipinski definition) is 14. The quantitative estimate of drug-likeness (QED) is 0.158. The summed E-state index contributed by atoms with van der Waals surface area (Å²) in [5.41, 5.74) is -3.19. The van der Waals surface area contributed by atoms with Crippen molar-refractivity contribution < 1.29 is 74.8 Å². The molecule has 2 heterocycles. The molecule has 0 unspecified atom stereocenters. The van der Waals surface area contributed by atoms with E-state index in [0.717, 1.165) is 24.8 Å². The fourth-order valence-corrected chi connectivity index (χ4v) is 13.3. The summed E-state index contributed by atoms with van der Waals surface area (Å²) in [6, 6.07) is 0. The molecule has 2 saturated heterocycles. The molecule has 5 aliphatic carbocycles. The zero-order valence-corrected chi connectivity index (χ0v) is 33.5. The zero-order chi connectivity index (χ0) is 41.1. The van der Waals surface area contributed by atoms with Gasteiger partial charge in [-0.1, -0.05) is 39.3 Å². The number of hydrogen-bond donors (Lipinski definition) is 10. The zero-order valence-electron chi connectivity index (χ0n) is 33.5. The van der Waals surface area contributed by atoms with Crippen molar-refractivity contribution in [2.24, 2.45) is 44.8 Å². The van der Waals surface area contributed by atoms with Crippen LogP contribution in [0.15, 0.2) is 11.6 Å². The van der Waals surface area contributed by atoms with Gasteiger partial charge >= 0.3 is 5.97 Å². The monoisotopic (exact) mass is 798 g/mol. The van der Waals surface area contributed by atoms with E-state index in [4.69, 9.17) is 18.9 Å². The maximum atomic E-state index is 13.0. The van der Waals surface area contributed by atoms with E-state index in [1.807, 2.05) is 6.92 Å². The molecule has 4 saturated carbocycles. The fourth-order valence-electron chi connectivity index (χ4n) is 13.3. The summed E-state index contributed by atoms with van der Waals surface area (Å²) in [6.07, 6.45) is -9.47. The van der Waals surface area contributed by atoms with Crippen molar-refractivity contribution >= 4 is 5.97 Å². The summed E-state index contributed by atoms with van der Waals surface area (Å²) in [4.78, 5) is 13.0. The minimum Gasteiger partial charge on any atom is -0.481 e. The van der Waals surface area contributed by atoms with Crippen molar-refractivity contribution in [3.05, 3.63) is 11.6 Å². The van der Waals surface area contributed by atoms with Crippen LogP contribution < -0.4 is 0 Å². The molecule has 320 valence electrons. The number of ether oxygens (including phenoxy) is 4. The molecule has 0 aromatic carbocycles. The van der Waals surface area contributed by atoms with E-state index in [2.05, 4.69) is 26.8 Å². The molecule has 0 amide bonds. The highest BCUT2D eigenvalue weighted by atomic mass is 16.8. The summed E-state index contributed by atoms with van der Waals surface area (Å²) < 4.78 is 24.0. The Morgan fingerprint density at radius 1 is 0.804 bits per heavy atom. The van der Waals surface area contributed by atoms with Crippen molar-refractivity contribution in [2.75, 3.05) is 13.2 Å². The Morgan fingerprint density at radius 2 is 1.50 bits per heavy atom. The molecular weight excluding hydrogens is 732 g/mol. The molecular formula is C41H66O15. The van der Waals surface area contributed by atoms with Crippen LogP contribution in [0.5, 0.6) is 0 Å². The van der Waals surface area contributed by atoms with E-state index in [1.165, 1.54) is 6.92 Å². The number of carbonyl (C=O) groups is 1. The number of aliphatic hydroxyl groups excluding tert-OH is 8. The molecule has 0 aromatic heterocycles. The first-order valence-corrected chi connectivity index (χ1v) is 20.6. The van der Waals surface area contributed by atoms with Gasteiger partial charge < -0.3 is 70.0 Å². The number of fused-ring (bicyclic) bond motifs is 7. The van der Waals surface area contributed by atoms with E-state index < -0.39 is 109 Å². The van der Waals surface area contributed by atoms with Gasteiger partial charge in [0.05, 0.1) is 42.5 Å². The number of carboxylic acids is 1. The Hall–Kier alpha value is -1.31. The Kier molecular flexibility index (Phi) is 11.0. The number of aliphatic hydroxyl groups is 9. The van der Waals surface area contributed by atoms with Crippen LogP contribution in [0.1, 0.15) is 99.3 Å². The molecule has 0 radical (unpaired) electrons. The number of carboxylic acid groups (broad SMARTS) is 1. The number of aliphatic carboxylic acids is 1. The Labute approximate surface area is 328 Å². The van der Waals surface area contributed by atoms with Gasteiger partial charge in [0.25, 0.3) is 0 Å². The average molecular weight is 799 g/mol. The molecule has 15 nitrogen and oxygen atoms in total. The van der Waals surface area contributed by atoms with E-state index in [9.17, 15) is 55.9 Å². The normalized spacial score (nSPS) is 57.2. The lowest BCUT2D eigenvalue weighted by Gasteiger charge is -2.71. The van der Waals surface area contributed by atoms with Crippen molar-refractivity contribution in [1.29, 1.82) is 0 Å². The molecule has 0 aromatic rings. The van der Waals surface area contributed by atoms with Gasteiger partial charge in [-0.05, 0) is 106 Å². The highest BCUT2D eigenvalue weighted by molar-refractivity contribution is 5.77. The van der Waals surface area contributed by atoms with Crippen molar-refractivity contribution in [3.63, 3.8) is 0 Å². The molecule has 0 spiro atoms. The Balaban J connectivity index is 1.16. The summed E-state index contributed by atoms with van der Waals surface area (Å²) in [6.45, 7) is 11.3. The number of rotatable bonds is 7. The largest absolute Gasteiger partial charge is 0.481 e. The highest BCUT2D eigenvalue weighted by Gasteiger charge is 2.70. The van der Waals surface area contributed by atoms with Gasteiger partial charge in [0.15, 0.2) is 12.6 Å². The predicted octanol–water partition coefficient (Wildman–Crippen LogP) is 0.578. The van der Waals surface area contributed by atoms with Gasteiger partial charge in [-0.15, -0.1) is 0 Å². The Morgan fingerprint density at radius 3 is 2.16 bits per heavy atom. The first-order valence-electron chi connectivity index (χ1n) is 20.6. The molecule has 7 rings (SSSR count). The van der Waals surface area contributed by atoms with Crippen LogP contribution in [0.25, 0.3) is 0 Å². The SMILES string of the molecule is C[C@H]1O[C@@H](O[C@H]2[C@H](OC[C@]3(C)[C@@H]4CC[C@]5(C)[C@H](CC=C6[C@@H]7C[C@](C)(O)[C@@H](O)C[C@]7(C(=O)O)CC[C@]65C)[C@@]4(C)CC[C@@H]3O)O[C@H](CO)[C@@H](O)[C@@H]2O)[C@H](O)[C@@H](O)[C@@H]1O. The van der Waals surface area contributed by atoms with Crippen LogP contribution in [0, 0.1) is 44.8 Å². The summed E-state index contributed by atoms with van der Waals surface area (Å²) >= 11 is 0. The van der Waals surface area contributed by atoms with Gasteiger partial charge in [-0.25, -0.2) is 0 Å². The smallest absolute Gasteiger partial charge is 0.310 e. The molecule has 0 bridgehead atoms. The minimum atomic E-state index is -1.70. The van der Waals surface area contributed by atoms with Crippen LogP contribution in [-0.4, -0.2) is 149 Å². The summed E-state index contributed by atoms with van der Waals surface area (Å²) in [5, 5.41) is 108. The topological polar surface area (TPSA) is 256 Å². The van der Waals surface area contributed by atoms with E-state index >= 15 is 0 Å². The molecule has 7 aliphatic rings. The third kappa shape index (κ3) is 6.12. The first kappa shape index (κ1) is 42.8. The van der Waals surface area contributed by atoms with Crippen LogP contribution in [0.4, 0.5) is 0 Å². The van der Waals surface area contributed by atoms with Gasteiger partial charge in [-0.2, -0.15) is 0 Å². The minimum absolute atomic E-state index is 0.00764. The fraction of sp³-hybridized carbons (Fsp3) is 0.927. The molecule has 15 heteroatoms. The van der Waals surface area contributed by atoms with E-state index in [1.54, 1.807) is 6.92 Å². The van der Waals surface area contributed by atoms with Gasteiger partial charge in [0, 0.05) is 5.41 Å². The van der Waals surface area contributed by atoms with E-state index in [0.29, 0.717) is 25.7 Å². The van der Waals surface area contributed by atoms with Gasteiger partial charge in [-0.3, -0.25) is 4.79 Å². The maximum Gasteiger partial charge on any atom is 0.310 e. The molecule has 56 heavy (non-hydrogen) atoms. The lowest BCUT2D eigenvalue weighted by atomic mass is 9.33. The molecule has 6 fully saturated rings. The van der Waals surface area contributed by atoms with Gasteiger partial charge in [0.1, 0.15) is 42.7 Å². The van der Waals surface area contributed by atoms with Gasteiger partial charge in [0.2, 0.25) is 0 Å². The number of allylic oxidation sites excluding steroid dienone is 2. The summed E-state index contributed by atoms with van der Waals surface area (Å²) in [5.74, 6) is -1.22. The second kappa shape index (κ2) is 14.4. The Bertz CT molecular complexity index is 1520. The second-order valence-electron chi connectivity index (χ2n) is 19.9. The van der Waals surface area contributed by atoms with E-state index in [-0.39, 0.29) is 47.5 Å². The second-order valence-corrected chi connectivity index (χ2v) is 19.9. The lowest BCUT2D eigenvalue weighted by molar-refractivity contribution is -0.369. The van der Waals surface area contributed by atoms with Crippen LogP contribution >= 0.6 is 0 Å². The molecule has 21 atom stereocenters.